The standard InChI is InChI=1S/C10H18N2S/c1-4-5-10-12-8(3)9(13-10)6-7(2)11/h7H,4-6,11H2,1-3H3. The van der Waals surface area contributed by atoms with Crippen LogP contribution in [-0.2, 0) is 12.8 Å². The first-order valence-corrected chi connectivity index (χ1v) is 5.66. The molecule has 0 aliphatic rings. The van der Waals surface area contributed by atoms with Crippen molar-refractivity contribution >= 4 is 11.3 Å². The fourth-order valence-corrected chi connectivity index (χ4v) is 2.60. The molecule has 0 aromatic carbocycles. The molecule has 3 heteroatoms. The van der Waals surface area contributed by atoms with Crippen molar-refractivity contribution in [2.45, 2.75) is 46.1 Å². The van der Waals surface area contributed by atoms with Crippen LogP contribution in [0.4, 0.5) is 0 Å². The monoisotopic (exact) mass is 198 g/mol. The Morgan fingerprint density at radius 1 is 1.54 bits per heavy atom. The predicted octanol–water partition coefficient (Wildman–Crippen LogP) is 2.29. The number of nitrogens with two attached hydrogens (primary N) is 1. The minimum atomic E-state index is 0.244. The van der Waals surface area contributed by atoms with Crippen LogP contribution in [-0.4, -0.2) is 11.0 Å². The van der Waals surface area contributed by atoms with Crippen LogP contribution in [0.15, 0.2) is 0 Å². The van der Waals surface area contributed by atoms with E-state index >= 15 is 0 Å². The number of aromatic nitrogens is 1. The maximum absolute atomic E-state index is 5.76. The second-order valence-electron chi connectivity index (χ2n) is 3.55. The van der Waals surface area contributed by atoms with Crippen molar-refractivity contribution in [1.82, 2.24) is 4.98 Å². The summed E-state index contributed by atoms with van der Waals surface area (Å²) in [7, 11) is 0. The van der Waals surface area contributed by atoms with Gasteiger partial charge in [0, 0.05) is 10.9 Å². The Balaban J connectivity index is 2.71. The van der Waals surface area contributed by atoms with Crippen LogP contribution in [0.25, 0.3) is 0 Å². The quantitative estimate of drug-likeness (QED) is 0.806. The minimum Gasteiger partial charge on any atom is -0.328 e. The van der Waals surface area contributed by atoms with Gasteiger partial charge in [-0.3, -0.25) is 0 Å². The van der Waals surface area contributed by atoms with Gasteiger partial charge in [0.1, 0.15) is 0 Å². The van der Waals surface area contributed by atoms with Gasteiger partial charge in [-0.2, -0.15) is 0 Å². The summed E-state index contributed by atoms with van der Waals surface area (Å²) in [6.07, 6.45) is 3.24. The zero-order chi connectivity index (χ0) is 9.84. The van der Waals surface area contributed by atoms with E-state index in [1.807, 2.05) is 18.3 Å². The summed E-state index contributed by atoms with van der Waals surface area (Å²) in [5, 5.41) is 1.26. The lowest BCUT2D eigenvalue weighted by molar-refractivity contribution is 0.741. The Kier molecular flexibility index (Phi) is 3.88. The zero-order valence-electron chi connectivity index (χ0n) is 8.63. The largest absolute Gasteiger partial charge is 0.328 e. The van der Waals surface area contributed by atoms with E-state index in [4.69, 9.17) is 5.73 Å². The van der Waals surface area contributed by atoms with Gasteiger partial charge in [-0.1, -0.05) is 6.92 Å². The van der Waals surface area contributed by atoms with E-state index < -0.39 is 0 Å². The maximum atomic E-state index is 5.76. The first-order chi connectivity index (χ1) is 6.13. The average Bonchev–Trinajstić information content (AvgIpc) is 2.31. The third kappa shape index (κ3) is 3.08. The summed E-state index contributed by atoms with van der Waals surface area (Å²) in [6.45, 7) is 6.30. The summed E-state index contributed by atoms with van der Waals surface area (Å²) >= 11 is 1.82. The van der Waals surface area contributed by atoms with Crippen molar-refractivity contribution < 1.29 is 0 Å². The molecule has 1 rings (SSSR count). The molecule has 1 unspecified atom stereocenters. The van der Waals surface area contributed by atoms with Crippen LogP contribution < -0.4 is 5.73 Å². The van der Waals surface area contributed by atoms with Crippen LogP contribution >= 0.6 is 11.3 Å². The topological polar surface area (TPSA) is 38.9 Å². The Hall–Kier alpha value is -0.410. The van der Waals surface area contributed by atoms with E-state index in [0.717, 1.165) is 12.8 Å². The molecule has 0 amide bonds. The van der Waals surface area contributed by atoms with Gasteiger partial charge < -0.3 is 5.73 Å². The molecule has 0 spiro atoms. The molecule has 2 nitrogen and oxygen atoms in total. The molecular weight excluding hydrogens is 180 g/mol. The van der Waals surface area contributed by atoms with E-state index in [1.54, 1.807) is 0 Å². The smallest absolute Gasteiger partial charge is 0.0930 e. The first-order valence-electron chi connectivity index (χ1n) is 4.84. The Bertz CT molecular complexity index is 266. The minimum absolute atomic E-state index is 0.244. The molecule has 0 aliphatic heterocycles. The average molecular weight is 198 g/mol. The highest BCUT2D eigenvalue weighted by Gasteiger charge is 2.08. The third-order valence-corrected chi connectivity index (χ3v) is 3.15. The molecule has 0 fully saturated rings. The van der Waals surface area contributed by atoms with E-state index in [2.05, 4.69) is 18.8 Å². The van der Waals surface area contributed by atoms with E-state index in [1.165, 1.54) is 22.0 Å². The van der Waals surface area contributed by atoms with Crippen molar-refractivity contribution in [1.29, 1.82) is 0 Å². The third-order valence-electron chi connectivity index (χ3n) is 1.91. The Morgan fingerprint density at radius 3 is 2.77 bits per heavy atom. The fourth-order valence-electron chi connectivity index (χ4n) is 1.29. The number of hydrogen-bond acceptors (Lipinski definition) is 3. The lowest BCUT2D eigenvalue weighted by atomic mass is 10.2. The van der Waals surface area contributed by atoms with E-state index in [0.29, 0.717) is 0 Å². The van der Waals surface area contributed by atoms with Crippen molar-refractivity contribution in [3.63, 3.8) is 0 Å². The van der Waals surface area contributed by atoms with Gasteiger partial charge in [-0.25, -0.2) is 4.98 Å². The molecule has 1 atom stereocenters. The van der Waals surface area contributed by atoms with Gasteiger partial charge in [-0.15, -0.1) is 11.3 Å². The second kappa shape index (κ2) is 4.72. The number of rotatable bonds is 4. The lowest BCUT2D eigenvalue weighted by Crippen LogP contribution is -2.17. The number of hydrogen-bond donors (Lipinski definition) is 1. The SMILES string of the molecule is CCCc1nc(C)c(CC(C)N)s1. The molecular formula is C10H18N2S. The highest BCUT2D eigenvalue weighted by atomic mass is 32.1. The highest BCUT2D eigenvalue weighted by Crippen LogP contribution is 2.20. The Labute approximate surface area is 84.2 Å². The van der Waals surface area contributed by atoms with Gasteiger partial charge in [-0.05, 0) is 33.1 Å². The van der Waals surface area contributed by atoms with E-state index in [-0.39, 0.29) is 6.04 Å². The lowest BCUT2D eigenvalue weighted by Gasteiger charge is -2.01. The molecule has 74 valence electrons. The molecule has 0 saturated heterocycles. The molecule has 0 radical (unpaired) electrons. The van der Waals surface area contributed by atoms with Crippen molar-refractivity contribution in [2.75, 3.05) is 0 Å². The summed E-state index contributed by atoms with van der Waals surface area (Å²) in [4.78, 5) is 5.88. The molecule has 1 aromatic rings. The number of aryl methyl sites for hydroxylation is 2. The summed E-state index contributed by atoms with van der Waals surface area (Å²) < 4.78 is 0. The Morgan fingerprint density at radius 2 is 2.23 bits per heavy atom. The number of thiazole rings is 1. The maximum Gasteiger partial charge on any atom is 0.0930 e. The summed E-state index contributed by atoms with van der Waals surface area (Å²) in [5.74, 6) is 0. The molecule has 2 N–H and O–H groups in total. The molecule has 13 heavy (non-hydrogen) atoms. The summed E-state index contributed by atoms with van der Waals surface area (Å²) in [5.41, 5.74) is 6.93. The normalized spacial score (nSPS) is 13.2. The van der Waals surface area contributed by atoms with Crippen molar-refractivity contribution in [2.24, 2.45) is 5.73 Å². The van der Waals surface area contributed by atoms with Gasteiger partial charge >= 0.3 is 0 Å². The second-order valence-corrected chi connectivity index (χ2v) is 4.72. The van der Waals surface area contributed by atoms with Crippen LogP contribution in [0.2, 0.25) is 0 Å². The number of nitrogens with zero attached hydrogens (tertiary/aromatic N) is 1. The molecule has 0 saturated carbocycles. The van der Waals surface area contributed by atoms with Gasteiger partial charge in [0.2, 0.25) is 0 Å². The van der Waals surface area contributed by atoms with E-state index in [9.17, 15) is 0 Å². The van der Waals surface area contributed by atoms with Crippen LogP contribution in [0.5, 0.6) is 0 Å². The molecule has 0 aliphatic carbocycles. The van der Waals surface area contributed by atoms with Crippen LogP contribution in [0.1, 0.15) is 35.8 Å². The predicted molar refractivity (Wildman–Crippen MR) is 58.2 cm³/mol. The van der Waals surface area contributed by atoms with Crippen molar-refractivity contribution in [3.05, 3.63) is 15.6 Å². The van der Waals surface area contributed by atoms with Crippen LogP contribution in [0.3, 0.4) is 0 Å². The molecule has 0 bridgehead atoms. The highest BCUT2D eigenvalue weighted by molar-refractivity contribution is 7.11. The molecule has 1 heterocycles. The molecule has 1 aromatic heterocycles. The summed E-state index contributed by atoms with van der Waals surface area (Å²) in [6, 6.07) is 0.244. The van der Waals surface area contributed by atoms with Crippen LogP contribution in [0, 0.1) is 6.92 Å². The van der Waals surface area contributed by atoms with Gasteiger partial charge in [0.25, 0.3) is 0 Å². The fraction of sp³-hybridized carbons (Fsp3) is 0.700. The van der Waals surface area contributed by atoms with Gasteiger partial charge in [0.05, 0.1) is 10.7 Å². The first kappa shape index (κ1) is 10.7. The zero-order valence-corrected chi connectivity index (χ0v) is 9.45. The van der Waals surface area contributed by atoms with Gasteiger partial charge in [0.15, 0.2) is 0 Å². The van der Waals surface area contributed by atoms with Crippen molar-refractivity contribution in [3.8, 4) is 0 Å².